The van der Waals surface area contributed by atoms with Gasteiger partial charge in [-0.1, -0.05) is 19.1 Å². The maximum absolute atomic E-state index is 12.3. The maximum atomic E-state index is 12.3. The molecule has 0 spiro atoms. The molecule has 2 rings (SSSR count). The summed E-state index contributed by atoms with van der Waals surface area (Å²) in [6, 6.07) is 5.43. The summed E-state index contributed by atoms with van der Waals surface area (Å²) in [6.07, 6.45) is 2.96. The molecule has 1 saturated carbocycles. The van der Waals surface area contributed by atoms with Crippen LogP contribution in [-0.2, 0) is 23.0 Å². The fourth-order valence-electron chi connectivity index (χ4n) is 1.90. The van der Waals surface area contributed by atoms with Crippen molar-refractivity contribution in [2.75, 3.05) is 6.54 Å². The van der Waals surface area contributed by atoms with Crippen molar-refractivity contribution in [2.45, 2.75) is 37.6 Å². The number of hydrogen-bond acceptors (Lipinski definition) is 3. The molecule has 0 unspecified atom stereocenters. The SMILES string of the molecule is CCc1ccc(CN)cc1S(=O)(=O)NCC1CC1. The Morgan fingerprint density at radius 1 is 1.39 bits per heavy atom. The van der Waals surface area contributed by atoms with Crippen LogP contribution in [0.4, 0.5) is 0 Å². The Hall–Kier alpha value is -0.910. The lowest BCUT2D eigenvalue weighted by molar-refractivity contribution is 0.576. The third kappa shape index (κ3) is 3.10. The zero-order chi connectivity index (χ0) is 13.2. The van der Waals surface area contributed by atoms with Gasteiger partial charge in [0.05, 0.1) is 4.90 Å². The van der Waals surface area contributed by atoms with Crippen LogP contribution < -0.4 is 10.5 Å². The number of aryl methyl sites for hydroxylation is 1. The minimum atomic E-state index is -3.40. The molecule has 1 fully saturated rings. The predicted molar refractivity (Wildman–Crippen MR) is 71.6 cm³/mol. The molecule has 0 bridgehead atoms. The normalized spacial score (nSPS) is 15.9. The first-order valence-electron chi connectivity index (χ1n) is 6.38. The predicted octanol–water partition coefficient (Wildman–Crippen LogP) is 1.40. The van der Waals surface area contributed by atoms with Gasteiger partial charge in [-0.3, -0.25) is 0 Å². The number of benzene rings is 1. The second-order valence-electron chi connectivity index (χ2n) is 4.80. The van der Waals surface area contributed by atoms with E-state index in [1.165, 1.54) is 0 Å². The summed E-state index contributed by atoms with van der Waals surface area (Å²) >= 11 is 0. The average Bonchev–Trinajstić information content (AvgIpc) is 3.19. The van der Waals surface area contributed by atoms with E-state index < -0.39 is 10.0 Å². The van der Waals surface area contributed by atoms with Crippen LogP contribution in [0.25, 0.3) is 0 Å². The maximum Gasteiger partial charge on any atom is 0.240 e. The Bertz CT molecular complexity index is 522. The lowest BCUT2D eigenvalue weighted by Crippen LogP contribution is -2.27. The van der Waals surface area contributed by atoms with Gasteiger partial charge in [-0.05, 0) is 42.4 Å². The molecular weight excluding hydrogens is 248 g/mol. The largest absolute Gasteiger partial charge is 0.326 e. The molecule has 100 valence electrons. The molecule has 0 aliphatic heterocycles. The van der Waals surface area contributed by atoms with Crippen molar-refractivity contribution < 1.29 is 8.42 Å². The Labute approximate surface area is 109 Å². The van der Waals surface area contributed by atoms with Gasteiger partial charge in [-0.15, -0.1) is 0 Å². The van der Waals surface area contributed by atoms with E-state index in [1.807, 2.05) is 19.1 Å². The highest BCUT2D eigenvalue weighted by Gasteiger charge is 2.25. The first-order chi connectivity index (χ1) is 8.56. The Kier molecular flexibility index (Phi) is 4.04. The third-order valence-corrected chi connectivity index (χ3v) is 4.80. The molecule has 0 heterocycles. The van der Waals surface area contributed by atoms with Crippen molar-refractivity contribution in [1.82, 2.24) is 4.72 Å². The summed E-state index contributed by atoms with van der Waals surface area (Å²) in [5.41, 5.74) is 7.26. The summed E-state index contributed by atoms with van der Waals surface area (Å²) in [7, 11) is -3.40. The van der Waals surface area contributed by atoms with Gasteiger partial charge in [-0.2, -0.15) is 0 Å². The minimum Gasteiger partial charge on any atom is -0.326 e. The van der Waals surface area contributed by atoms with Gasteiger partial charge < -0.3 is 5.73 Å². The summed E-state index contributed by atoms with van der Waals surface area (Å²) in [5.74, 6) is 0.530. The highest BCUT2D eigenvalue weighted by Crippen LogP contribution is 2.28. The molecule has 1 aromatic carbocycles. The van der Waals surface area contributed by atoms with Crippen LogP contribution in [0.3, 0.4) is 0 Å². The van der Waals surface area contributed by atoms with E-state index in [2.05, 4.69) is 4.72 Å². The molecule has 3 N–H and O–H groups in total. The van der Waals surface area contributed by atoms with Gasteiger partial charge in [0.1, 0.15) is 0 Å². The van der Waals surface area contributed by atoms with Crippen LogP contribution >= 0.6 is 0 Å². The summed E-state index contributed by atoms with van der Waals surface area (Å²) in [6.45, 7) is 2.87. The number of nitrogens with one attached hydrogen (secondary N) is 1. The molecular formula is C13H20N2O2S. The van der Waals surface area contributed by atoms with E-state index in [0.717, 1.165) is 24.0 Å². The monoisotopic (exact) mass is 268 g/mol. The van der Waals surface area contributed by atoms with Crippen LogP contribution in [0.1, 0.15) is 30.9 Å². The van der Waals surface area contributed by atoms with Crippen LogP contribution in [0.2, 0.25) is 0 Å². The van der Waals surface area contributed by atoms with Crippen LogP contribution in [-0.4, -0.2) is 15.0 Å². The Morgan fingerprint density at radius 3 is 2.67 bits per heavy atom. The topological polar surface area (TPSA) is 72.2 Å². The van der Waals surface area contributed by atoms with E-state index in [1.54, 1.807) is 6.07 Å². The minimum absolute atomic E-state index is 0.356. The van der Waals surface area contributed by atoms with E-state index >= 15 is 0 Å². The molecule has 1 aromatic rings. The van der Waals surface area contributed by atoms with Crippen molar-refractivity contribution in [3.05, 3.63) is 29.3 Å². The zero-order valence-electron chi connectivity index (χ0n) is 10.6. The standard InChI is InChI=1S/C13H20N2O2S/c1-2-12-6-5-11(8-14)7-13(12)18(16,17)15-9-10-3-4-10/h5-7,10,15H,2-4,8-9,14H2,1H3. The van der Waals surface area contributed by atoms with Gasteiger partial charge in [0.2, 0.25) is 10.0 Å². The van der Waals surface area contributed by atoms with Crippen molar-refractivity contribution in [1.29, 1.82) is 0 Å². The van der Waals surface area contributed by atoms with Gasteiger partial charge in [-0.25, -0.2) is 13.1 Å². The van der Waals surface area contributed by atoms with E-state index in [-0.39, 0.29) is 0 Å². The number of sulfonamides is 1. The van der Waals surface area contributed by atoms with Crippen molar-refractivity contribution in [2.24, 2.45) is 11.7 Å². The molecule has 1 aliphatic carbocycles. The first-order valence-corrected chi connectivity index (χ1v) is 7.86. The second-order valence-corrected chi connectivity index (χ2v) is 6.53. The fraction of sp³-hybridized carbons (Fsp3) is 0.538. The van der Waals surface area contributed by atoms with E-state index in [9.17, 15) is 8.42 Å². The Balaban J connectivity index is 2.27. The summed E-state index contributed by atoms with van der Waals surface area (Å²) in [4.78, 5) is 0.383. The number of hydrogen-bond donors (Lipinski definition) is 2. The van der Waals surface area contributed by atoms with Crippen molar-refractivity contribution >= 4 is 10.0 Å². The molecule has 4 nitrogen and oxygen atoms in total. The molecule has 0 amide bonds. The molecule has 0 aromatic heterocycles. The van der Waals surface area contributed by atoms with Gasteiger partial charge in [0.25, 0.3) is 0 Å². The van der Waals surface area contributed by atoms with Crippen molar-refractivity contribution in [3.63, 3.8) is 0 Å². The Morgan fingerprint density at radius 2 is 2.11 bits per heavy atom. The molecule has 0 saturated heterocycles. The molecule has 18 heavy (non-hydrogen) atoms. The summed E-state index contributed by atoms with van der Waals surface area (Å²) in [5, 5.41) is 0. The lowest BCUT2D eigenvalue weighted by Gasteiger charge is -2.11. The molecule has 5 heteroatoms. The highest BCUT2D eigenvalue weighted by molar-refractivity contribution is 7.89. The van der Waals surface area contributed by atoms with E-state index in [4.69, 9.17) is 5.73 Å². The van der Waals surface area contributed by atoms with E-state index in [0.29, 0.717) is 30.3 Å². The molecule has 0 radical (unpaired) electrons. The van der Waals surface area contributed by atoms with Gasteiger partial charge in [0, 0.05) is 13.1 Å². The lowest BCUT2D eigenvalue weighted by atomic mass is 10.1. The smallest absolute Gasteiger partial charge is 0.240 e. The fourth-order valence-corrected chi connectivity index (χ4v) is 3.37. The van der Waals surface area contributed by atoms with Crippen LogP contribution in [0.15, 0.2) is 23.1 Å². The number of rotatable bonds is 6. The molecule has 0 atom stereocenters. The van der Waals surface area contributed by atoms with Crippen LogP contribution in [0.5, 0.6) is 0 Å². The highest BCUT2D eigenvalue weighted by atomic mass is 32.2. The first kappa shape index (κ1) is 13.5. The van der Waals surface area contributed by atoms with Gasteiger partial charge in [0.15, 0.2) is 0 Å². The van der Waals surface area contributed by atoms with Gasteiger partial charge >= 0.3 is 0 Å². The quantitative estimate of drug-likeness (QED) is 0.819. The zero-order valence-corrected chi connectivity index (χ0v) is 11.5. The second kappa shape index (κ2) is 5.38. The van der Waals surface area contributed by atoms with Crippen molar-refractivity contribution in [3.8, 4) is 0 Å². The molecule has 1 aliphatic rings. The number of nitrogens with two attached hydrogens (primary N) is 1. The third-order valence-electron chi connectivity index (χ3n) is 3.30. The van der Waals surface area contributed by atoms with Crippen LogP contribution in [0, 0.1) is 5.92 Å². The average molecular weight is 268 g/mol. The summed E-state index contributed by atoms with van der Waals surface area (Å²) < 4.78 is 27.2.